The molecule has 0 aromatic heterocycles. The fraction of sp³-hybridized carbons (Fsp3) is 0.385. The van der Waals surface area contributed by atoms with Crippen molar-refractivity contribution in [2.24, 2.45) is 5.92 Å². The van der Waals surface area contributed by atoms with Gasteiger partial charge in [0.2, 0.25) is 5.91 Å². The Kier molecular flexibility index (Phi) is 3.01. The van der Waals surface area contributed by atoms with Crippen LogP contribution in [0.15, 0.2) is 18.2 Å². The minimum atomic E-state index is -0.221. The van der Waals surface area contributed by atoms with E-state index in [9.17, 15) is 4.79 Å². The number of nitriles is 1. The molecule has 88 valence electrons. The smallest absolute Gasteiger partial charge is 0.247 e. The van der Waals surface area contributed by atoms with Gasteiger partial charge in [-0.15, -0.1) is 0 Å². The number of carbonyl (C=O) groups is 1. The Morgan fingerprint density at radius 3 is 2.88 bits per heavy atom. The zero-order valence-electron chi connectivity index (χ0n) is 9.95. The minimum Gasteiger partial charge on any atom is -0.372 e. The standard InChI is InChI=1S/C13H15N3O/c1-3-8(2)12-13(17)16-10-5-4-9(7-14)6-11(10)15-12/h4-6,8,12,15H,3H2,1-2H3,(H,16,17)/t8-,12-/m0/s1. The highest BCUT2D eigenvalue weighted by atomic mass is 16.2. The van der Waals surface area contributed by atoms with E-state index in [2.05, 4.69) is 23.6 Å². The second kappa shape index (κ2) is 4.46. The lowest BCUT2D eigenvalue weighted by Crippen LogP contribution is -2.43. The summed E-state index contributed by atoms with van der Waals surface area (Å²) in [6, 6.07) is 7.10. The van der Waals surface area contributed by atoms with Gasteiger partial charge in [0.05, 0.1) is 23.0 Å². The zero-order chi connectivity index (χ0) is 12.4. The van der Waals surface area contributed by atoms with Crippen LogP contribution in [0.3, 0.4) is 0 Å². The van der Waals surface area contributed by atoms with E-state index in [-0.39, 0.29) is 17.9 Å². The first-order chi connectivity index (χ1) is 8.15. The monoisotopic (exact) mass is 229 g/mol. The van der Waals surface area contributed by atoms with Gasteiger partial charge < -0.3 is 10.6 Å². The van der Waals surface area contributed by atoms with Crippen LogP contribution in [0.25, 0.3) is 0 Å². The van der Waals surface area contributed by atoms with Crippen LogP contribution < -0.4 is 10.6 Å². The molecule has 0 unspecified atom stereocenters. The van der Waals surface area contributed by atoms with E-state index < -0.39 is 0 Å². The molecule has 0 radical (unpaired) electrons. The van der Waals surface area contributed by atoms with Gasteiger partial charge in [-0.1, -0.05) is 20.3 Å². The predicted octanol–water partition coefficient (Wildman–Crippen LogP) is 2.34. The molecule has 1 aliphatic rings. The summed E-state index contributed by atoms with van der Waals surface area (Å²) in [6.45, 7) is 4.09. The van der Waals surface area contributed by atoms with Crippen molar-refractivity contribution in [2.75, 3.05) is 10.6 Å². The van der Waals surface area contributed by atoms with Crippen molar-refractivity contribution in [2.45, 2.75) is 26.3 Å². The average Bonchev–Trinajstić information content (AvgIpc) is 2.36. The van der Waals surface area contributed by atoms with E-state index in [1.807, 2.05) is 6.92 Å². The Balaban J connectivity index is 2.32. The maximum atomic E-state index is 11.9. The quantitative estimate of drug-likeness (QED) is 0.818. The molecule has 2 atom stereocenters. The van der Waals surface area contributed by atoms with E-state index in [1.54, 1.807) is 18.2 Å². The first-order valence-corrected chi connectivity index (χ1v) is 5.77. The topological polar surface area (TPSA) is 64.9 Å². The third kappa shape index (κ3) is 2.09. The van der Waals surface area contributed by atoms with Crippen LogP contribution in [0.5, 0.6) is 0 Å². The van der Waals surface area contributed by atoms with Crippen molar-refractivity contribution in [3.8, 4) is 6.07 Å². The van der Waals surface area contributed by atoms with Crippen molar-refractivity contribution in [3.05, 3.63) is 23.8 Å². The molecule has 1 aliphatic heterocycles. The molecule has 4 heteroatoms. The third-order valence-electron chi connectivity index (χ3n) is 3.21. The predicted molar refractivity (Wildman–Crippen MR) is 66.7 cm³/mol. The summed E-state index contributed by atoms with van der Waals surface area (Å²) in [7, 11) is 0. The Morgan fingerprint density at radius 2 is 2.24 bits per heavy atom. The van der Waals surface area contributed by atoms with E-state index in [1.165, 1.54) is 0 Å². The highest BCUT2D eigenvalue weighted by molar-refractivity contribution is 6.03. The summed E-state index contributed by atoms with van der Waals surface area (Å²) >= 11 is 0. The highest BCUT2D eigenvalue weighted by Crippen LogP contribution is 2.30. The Labute approximate surface area is 101 Å². The summed E-state index contributed by atoms with van der Waals surface area (Å²) < 4.78 is 0. The molecule has 2 N–H and O–H groups in total. The SMILES string of the molecule is CC[C@H](C)[C@@H]1Nc2cc(C#N)ccc2NC1=O. The van der Waals surface area contributed by atoms with Gasteiger partial charge in [-0.25, -0.2) is 0 Å². The number of carbonyl (C=O) groups excluding carboxylic acids is 1. The van der Waals surface area contributed by atoms with Crippen molar-refractivity contribution in [1.82, 2.24) is 0 Å². The molecule has 0 aliphatic carbocycles. The van der Waals surface area contributed by atoms with Crippen molar-refractivity contribution >= 4 is 17.3 Å². The zero-order valence-corrected chi connectivity index (χ0v) is 9.95. The number of rotatable bonds is 2. The van der Waals surface area contributed by atoms with E-state index in [0.29, 0.717) is 5.56 Å². The molecule has 0 fully saturated rings. The van der Waals surface area contributed by atoms with Crippen LogP contribution in [-0.2, 0) is 4.79 Å². The fourth-order valence-electron chi connectivity index (χ4n) is 1.92. The molecule has 2 rings (SSSR count). The number of anilines is 2. The van der Waals surface area contributed by atoms with Crippen LogP contribution >= 0.6 is 0 Å². The Bertz CT molecular complexity index is 490. The van der Waals surface area contributed by atoms with Gasteiger partial charge in [0.1, 0.15) is 6.04 Å². The molecule has 1 heterocycles. The van der Waals surface area contributed by atoms with Crippen molar-refractivity contribution < 1.29 is 4.79 Å². The lowest BCUT2D eigenvalue weighted by molar-refractivity contribution is -0.118. The molecular weight excluding hydrogens is 214 g/mol. The fourth-order valence-corrected chi connectivity index (χ4v) is 1.92. The largest absolute Gasteiger partial charge is 0.372 e. The summed E-state index contributed by atoms with van der Waals surface area (Å²) in [5, 5.41) is 14.9. The number of benzene rings is 1. The van der Waals surface area contributed by atoms with Crippen molar-refractivity contribution in [3.63, 3.8) is 0 Å². The van der Waals surface area contributed by atoms with E-state index in [0.717, 1.165) is 17.8 Å². The minimum absolute atomic E-state index is 0.00319. The molecule has 17 heavy (non-hydrogen) atoms. The number of hydrogen-bond acceptors (Lipinski definition) is 3. The van der Waals surface area contributed by atoms with E-state index >= 15 is 0 Å². The average molecular weight is 229 g/mol. The lowest BCUT2D eigenvalue weighted by Gasteiger charge is -2.30. The molecule has 4 nitrogen and oxygen atoms in total. The number of nitrogens with zero attached hydrogens (tertiary/aromatic N) is 1. The van der Waals surface area contributed by atoms with E-state index in [4.69, 9.17) is 5.26 Å². The normalized spacial score (nSPS) is 19.6. The van der Waals surface area contributed by atoms with Gasteiger partial charge in [-0.3, -0.25) is 4.79 Å². The highest BCUT2D eigenvalue weighted by Gasteiger charge is 2.29. The van der Waals surface area contributed by atoms with Crippen molar-refractivity contribution in [1.29, 1.82) is 5.26 Å². The second-order valence-corrected chi connectivity index (χ2v) is 4.37. The van der Waals surface area contributed by atoms with Crippen LogP contribution in [-0.4, -0.2) is 11.9 Å². The second-order valence-electron chi connectivity index (χ2n) is 4.37. The summed E-state index contributed by atoms with van der Waals surface area (Å²) in [6.07, 6.45) is 0.929. The van der Waals surface area contributed by atoms with Gasteiger partial charge in [-0.05, 0) is 24.1 Å². The van der Waals surface area contributed by atoms with Gasteiger partial charge in [0.15, 0.2) is 0 Å². The Hall–Kier alpha value is -2.02. The third-order valence-corrected chi connectivity index (χ3v) is 3.21. The number of nitrogens with one attached hydrogen (secondary N) is 2. The molecule has 1 aromatic rings. The first kappa shape index (κ1) is 11.5. The van der Waals surface area contributed by atoms with Crippen LogP contribution in [0.4, 0.5) is 11.4 Å². The Morgan fingerprint density at radius 1 is 1.47 bits per heavy atom. The van der Waals surface area contributed by atoms with Crippen LogP contribution in [0.2, 0.25) is 0 Å². The summed E-state index contributed by atoms with van der Waals surface area (Å²) in [4.78, 5) is 11.9. The molecule has 1 amide bonds. The molecule has 0 saturated carbocycles. The first-order valence-electron chi connectivity index (χ1n) is 5.77. The summed E-state index contributed by atoms with van der Waals surface area (Å²) in [5.74, 6) is 0.255. The number of fused-ring (bicyclic) bond motifs is 1. The summed E-state index contributed by atoms with van der Waals surface area (Å²) in [5.41, 5.74) is 2.16. The van der Waals surface area contributed by atoms with Gasteiger partial charge >= 0.3 is 0 Å². The lowest BCUT2D eigenvalue weighted by atomic mass is 9.96. The molecule has 0 bridgehead atoms. The maximum absolute atomic E-state index is 11.9. The maximum Gasteiger partial charge on any atom is 0.247 e. The van der Waals surface area contributed by atoms with Gasteiger partial charge in [-0.2, -0.15) is 5.26 Å². The molecule has 0 saturated heterocycles. The number of hydrogen-bond donors (Lipinski definition) is 2. The van der Waals surface area contributed by atoms with Gasteiger partial charge in [0.25, 0.3) is 0 Å². The van der Waals surface area contributed by atoms with Gasteiger partial charge in [0, 0.05) is 0 Å². The molecule has 1 aromatic carbocycles. The van der Waals surface area contributed by atoms with Crippen LogP contribution in [0, 0.1) is 17.2 Å². The molecule has 0 spiro atoms. The number of amides is 1. The molecular formula is C13H15N3O. The van der Waals surface area contributed by atoms with Crippen LogP contribution in [0.1, 0.15) is 25.8 Å².